The average molecular weight is 204 g/mol. The van der Waals surface area contributed by atoms with Crippen LogP contribution in [0.1, 0.15) is 32.6 Å². The number of fused-ring (bicyclic) bond motifs is 9. The molecule has 82 valence electrons. The van der Waals surface area contributed by atoms with Crippen LogP contribution >= 0.6 is 0 Å². The molecule has 0 radical (unpaired) electrons. The Balaban J connectivity index is 1.74. The van der Waals surface area contributed by atoms with Crippen LogP contribution in [0.2, 0.25) is 0 Å². The normalized spacial score (nSPS) is 64.1. The van der Waals surface area contributed by atoms with Gasteiger partial charge in [0.2, 0.25) is 0 Å². The van der Waals surface area contributed by atoms with Crippen molar-refractivity contribution in [1.29, 1.82) is 0 Å². The van der Waals surface area contributed by atoms with Crippen molar-refractivity contribution >= 4 is 0 Å². The van der Waals surface area contributed by atoms with Crippen LogP contribution < -0.4 is 0 Å². The molecule has 0 heterocycles. The van der Waals surface area contributed by atoms with Gasteiger partial charge in [0.1, 0.15) is 0 Å². The molecule has 4 bridgehead atoms. The first kappa shape index (κ1) is 8.81. The largest absolute Gasteiger partial charge is 0.390 e. The highest BCUT2D eigenvalue weighted by Crippen LogP contribution is 2.68. The van der Waals surface area contributed by atoms with E-state index in [1.165, 1.54) is 12.8 Å². The molecule has 1 heteroatoms. The van der Waals surface area contributed by atoms with E-state index in [4.69, 9.17) is 0 Å². The lowest BCUT2D eigenvalue weighted by Gasteiger charge is -2.41. The van der Waals surface area contributed by atoms with Crippen LogP contribution in [0.15, 0.2) is 12.2 Å². The fourth-order valence-corrected chi connectivity index (χ4v) is 5.58. The smallest absolute Gasteiger partial charge is 0.0679 e. The standard InChI is InChI=1S/C14H20O/c1-2-14(15)7-10-6-11(14)13-9-4-3-8(5-9)12(10)13/h3-4,8-13,15H,2,5-7H2,1H3. The van der Waals surface area contributed by atoms with Gasteiger partial charge in [-0.15, -0.1) is 0 Å². The van der Waals surface area contributed by atoms with Crippen molar-refractivity contribution in [3.05, 3.63) is 12.2 Å². The lowest BCUT2D eigenvalue weighted by Crippen LogP contribution is -2.43. The maximum absolute atomic E-state index is 10.6. The second kappa shape index (κ2) is 2.51. The molecule has 3 fully saturated rings. The molecular weight excluding hydrogens is 184 g/mol. The van der Waals surface area contributed by atoms with E-state index in [1.54, 1.807) is 0 Å². The predicted molar refractivity (Wildman–Crippen MR) is 59.2 cm³/mol. The Morgan fingerprint density at radius 3 is 2.67 bits per heavy atom. The number of rotatable bonds is 1. The van der Waals surface area contributed by atoms with Crippen molar-refractivity contribution in [2.75, 3.05) is 0 Å². The van der Waals surface area contributed by atoms with Gasteiger partial charge in [0, 0.05) is 0 Å². The Morgan fingerprint density at radius 1 is 1.20 bits per heavy atom. The highest BCUT2D eigenvalue weighted by Gasteiger charge is 2.64. The molecule has 0 spiro atoms. The first-order chi connectivity index (χ1) is 7.23. The molecule has 7 unspecified atom stereocenters. The van der Waals surface area contributed by atoms with E-state index in [9.17, 15) is 5.11 Å². The van der Waals surface area contributed by atoms with Crippen LogP contribution in [0.4, 0.5) is 0 Å². The van der Waals surface area contributed by atoms with Gasteiger partial charge in [0.15, 0.2) is 0 Å². The summed E-state index contributed by atoms with van der Waals surface area (Å²) in [5.41, 5.74) is -0.288. The van der Waals surface area contributed by atoms with Crippen LogP contribution in [-0.4, -0.2) is 10.7 Å². The Hall–Kier alpha value is -0.300. The van der Waals surface area contributed by atoms with Gasteiger partial charge in [-0.05, 0) is 61.2 Å². The predicted octanol–water partition coefficient (Wildman–Crippen LogP) is 2.61. The minimum atomic E-state index is -0.288. The molecule has 15 heavy (non-hydrogen) atoms. The molecule has 1 nitrogen and oxygen atoms in total. The molecule has 0 amide bonds. The molecule has 4 aliphatic carbocycles. The summed E-state index contributed by atoms with van der Waals surface area (Å²) in [6.07, 6.45) is 9.72. The quantitative estimate of drug-likeness (QED) is 0.514. The highest BCUT2D eigenvalue weighted by molar-refractivity contribution is 5.23. The monoisotopic (exact) mass is 204 g/mol. The van der Waals surface area contributed by atoms with Crippen LogP contribution in [0.25, 0.3) is 0 Å². The maximum atomic E-state index is 10.6. The molecular formula is C14H20O. The minimum absolute atomic E-state index is 0.288. The molecule has 7 atom stereocenters. The van der Waals surface area contributed by atoms with Crippen molar-refractivity contribution in [1.82, 2.24) is 0 Å². The van der Waals surface area contributed by atoms with Gasteiger partial charge >= 0.3 is 0 Å². The molecule has 1 N–H and O–H groups in total. The molecule has 0 saturated heterocycles. The third-order valence-corrected chi connectivity index (χ3v) is 6.07. The van der Waals surface area contributed by atoms with Crippen LogP contribution in [0.3, 0.4) is 0 Å². The van der Waals surface area contributed by atoms with E-state index >= 15 is 0 Å². The van der Waals surface area contributed by atoms with Gasteiger partial charge in [-0.3, -0.25) is 0 Å². The summed E-state index contributed by atoms with van der Waals surface area (Å²) in [4.78, 5) is 0. The Kier molecular flexibility index (Phi) is 1.47. The van der Waals surface area contributed by atoms with Crippen molar-refractivity contribution in [2.24, 2.45) is 35.5 Å². The second-order valence-corrected chi connectivity index (χ2v) is 6.37. The zero-order valence-electron chi connectivity index (χ0n) is 9.39. The lowest BCUT2D eigenvalue weighted by molar-refractivity contribution is -0.0569. The summed E-state index contributed by atoms with van der Waals surface area (Å²) in [6, 6.07) is 0. The molecule has 0 aromatic rings. The summed E-state index contributed by atoms with van der Waals surface area (Å²) >= 11 is 0. The highest BCUT2D eigenvalue weighted by atomic mass is 16.3. The minimum Gasteiger partial charge on any atom is -0.390 e. The third-order valence-electron chi connectivity index (χ3n) is 6.07. The zero-order valence-corrected chi connectivity index (χ0v) is 9.39. The van der Waals surface area contributed by atoms with Crippen LogP contribution in [0.5, 0.6) is 0 Å². The molecule has 0 aromatic carbocycles. The van der Waals surface area contributed by atoms with Crippen molar-refractivity contribution in [3.8, 4) is 0 Å². The van der Waals surface area contributed by atoms with E-state index in [0.29, 0.717) is 5.92 Å². The summed E-state index contributed by atoms with van der Waals surface area (Å²) in [5, 5.41) is 10.6. The lowest BCUT2D eigenvalue weighted by atomic mass is 9.67. The number of aliphatic hydroxyl groups is 1. The first-order valence-corrected chi connectivity index (χ1v) is 6.63. The second-order valence-electron chi connectivity index (χ2n) is 6.37. The fourth-order valence-electron chi connectivity index (χ4n) is 5.58. The van der Waals surface area contributed by atoms with E-state index in [-0.39, 0.29) is 5.60 Å². The van der Waals surface area contributed by atoms with Gasteiger partial charge in [0.25, 0.3) is 0 Å². The Morgan fingerprint density at radius 2 is 1.93 bits per heavy atom. The number of allylic oxidation sites excluding steroid dienone is 2. The van der Waals surface area contributed by atoms with E-state index in [2.05, 4.69) is 19.1 Å². The Bertz CT molecular complexity index is 334. The molecule has 0 aliphatic heterocycles. The summed E-state index contributed by atoms with van der Waals surface area (Å²) in [7, 11) is 0. The zero-order chi connectivity index (χ0) is 10.2. The van der Waals surface area contributed by atoms with Gasteiger partial charge in [-0.25, -0.2) is 0 Å². The maximum Gasteiger partial charge on any atom is 0.0679 e. The van der Waals surface area contributed by atoms with Crippen LogP contribution in [0, 0.1) is 35.5 Å². The first-order valence-electron chi connectivity index (χ1n) is 6.63. The summed E-state index contributed by atoms with van der Waals surface area (Å²) < 4.78 is 0. The number of hydrogen-bond donors (Lipinski definition) is 1. The summed E-state index contributed by atoms with van der Waals surface area (Å²) in [6.45, 7) is 2.17. The summed E-state index contributed by atoms with van der Waals surface area (Å²) in [5.74, 6) is 5.01. The third kappa shape index (κ3) is 0.860. The number of hydrogen-bond acceptors (Lipinski definition) is 1. The fraction of sp³-hybridized carbons (Fsp3) is 0.857. The molecule has 3 saturated carbocycles. The van der Waals surface area contributed by atoms with Gasteiger partial charge in [-0.2, -0.15) is 0 Å². The Labute approximate surface area is 91.6 Å². The van der Waals surface area contributed by atoms with Crippen LogP contribution in [-0.2, 0) is 0 Å². The topological polar surface area (TPSA) is 20.2 Å². The molecule has 4 aliphatic rings. The molecule has 4 rings (SSSR count). The van der Waals surface area contributed by atoms with E-state index in [0.717, 1.165) is 42.4 Å². The SMILES string of the molecule is CCC1(O)CC2CC1C1C3C=CC(C3)C21. The van der Waals surface area contributed by atoms with Crippen molar-refractivity contribution in [3.63, 3.8) is 0 Å². The van der Waals surface area contributed by atoms with Crippen molar-refractivity contribution in [2.45, 2.75) is 38.2 Å². The van der Waals surface area contributed by atoms with E-state index in [1.807, 2.05) is 0 Å². The van der Waals surface area contributed by atoms with E-state index < -0.39 is 0 Å². The average Bonchev–Trinajstić information content (AvgIpc) is 2.93. The van der Waals surface area contributed by atoms with Gasteiger partial charge < -0.3 is 5.11 Å². The van der Waals surface area contributed by atoms with Gasteiger partial charge in [-0.1, -0.05) is 19.1 Å². The van der Waals surface area contributed by atoms with Gasteiger partial charge in [0.05, 0.1) is 5.60 Å². The molecule has 0 aromatic heterocycles. The van der Waals surface area contributed by atoms with Crippen molar-refractivity contribution < 1.29 is 5.11 Å².